The average molecular weight is 990 g/mol. The highest BCUT2D eigenvalue weighted by Gasteiger charge is 2.30. The Kier molecular flexibility index (Phi) is 15.9. The van der Waals surface area contributed by atoms with Crippen molar-refractivity contribution in [3.63, 3.8) is 0 Å². The van der Waals surface area contributed by atoms with Crippen molar-refractivity contribution in [2.75, 3.05) is 10.6 Å². The van der Waals surface area contributed by atoms with E-state index in [0.29, 0.717) is 40.8 Å². The van der Waals surface area contributed by atoms with Gasteiger partial charge in [-0.3, -0.25) is 19.0 Å². The van der Waals surface area contributed by atoms with Crippen molar-refractivity contribution in [2.24, 2.45) is 33.9 Å². The monoisotopic (exact) mass is 988 g/mol. The number of imidazole rings is 1. The van der Waals surface area contributed by atoms with Gasteiger partial charge < -0.3 is 40.3 Å². The number of benzene rings is 2. The van der Waals surface area contributed by atoms with E-state index in [0.717, 1.165) is 54.4 Å². The van der Waals surface area contributed by atoms with Gasteiger partial charge in [0, 0.05) is 70.4 Å². The predicted octanol–water partition coefficient (Wildman–Crippen LogP) is 7.10. The highest BCUT2D eigenvalue weighted by atomic mass is 35.5. The van der Waals surface area contributed by atoms with Crippen LogP contribution in [0.4, 0.5) is 29.7 Å². The van der Waals surface area contributed by atoms with Crippen LogP contribution in [0, 0.1) is 11.6 Å². The van der Waals surface area contributed by atoms with E-state index in [1.807, 2.05) is 19.4 Å². The van der Waals surface area contributed by atoms with Crippen LogP contribution in [0.25, 0.3) is 0 Å². The minimum Gasteiger partial charge on any atom is -0.441 e. The van der Waals surface area contributed by atoms with Gasteiger partial charge in [-0.2, -0.15) is 10.2 Å². The summed E-state index contributed by atoms with van der Waals surface area (Å²) in [7, 11) is 7.08. The summed E-state index contributed by atoms with van der Waals surface area (Å²) < 4.78 is 44.6. The zero-order valence-electron chi connectivity index (χ0n) is 37.8. The van der Waals surface area contributed by atoms with E-state index in [2.05, 4.69) is 41.1 Å². The van der Waals surface area contributed by atoms with Gasteiger partial charge in [0.1, 0.15) is 42.0 Å². The first-order chi connectivity index (χ1) is 33.0. The molecule has 7 aromatic rings. The number of aryl methyl sites for hydroxylation is 4. The molecule has 3 amide bonds. The number of anilines is 2. The summed E-state index contributed by atoms with van der Waals surface area (Å²) in [6.07, 6.45) is 15.1. The third kappa shape index (κ3) is 12.4. The number of rotatable bonds is 9. The first-order valence-electron chi connectivity index (χ1n) is 21.5. The lowest BCUT2D eigenvalue weighted by Crippen LogP contribution is -2.31. The second-order valence-corrected chi connectivity index (χ2v) is 16.9. The van der Waals surface area contributed by atoms with Crippen molar-refractivity contribution in [3.8, 4) is 0 Å². The van der Waals surface area contributed by atoms with E-state index in [4.69, 9.17) is 38.4 Å². The van der Waals surface area contributed by atoms with Gasteiger partial charge in [0.15, 0.2) is 24.9 Å². The summed E-state index contributed by atoms with van der Waals surface area (Å²) in [4.78, 5) is 60.8. The summed E-state index contributed by atoms with van der Waals surface area (Å²) in [6.45, 7) is 0.0206. The van der Waals surface area contributed by atoms with E-state index >= 15 is 0 Å². The van der Waals surface area contributed by atoms with Crippen molar-refractivity contribution in [1.29, 1.82) is 0 Å². The Morgan fingerprint density at radius 1 is 0.739 bits per heavy atom. The van der Waals surface area contributed by atoms with Gasteiger partial charge in [0.05, 0.1) is 16.1 Å². The molecule has 2 aromatic carbocycles. The molecule has 0 saturated carbocycles. The number of carbonyl (C=O) groups is 4. The number of nitrogens with one attached hydrogen (secondary N) is 3. The smallest absolute Gasteiger partial charge is 0.419 e. The topological polar surface area (TPSA) is 238 Å². The zero-order valence-corrected chi connectivity index (χ0v) is 39.3. The normalized spacial score (nSPS) is 14.7. The molecule has 0 fully saturated rings. The molecule has 24 heteroatoms. The molecule has 0 radical (unpaired) electrons. The van der Waals surface area contributed by atoms with Crippen molar-refractivity contribution in [2.45, 2.75) is 63.8 Å². The average Bonchev–Trinajstić information content (AvgIpc) is 4.17. The van der Waals surface area contributed by atoms with Crippen LogP contribution in [0.3, 0.4) is 0 Å². The molecule has 0 bridgehead atoms. The lowest BCUT2D eigenvalue weighted by Gasteiger charge is -2.23. The fourth-order valence-corrected chi connectivity index (χ4v) is 8.26. The van der Waals surface area contributed by atoms with Gasteiger partial charge in [-0.15, -0.1) is 0 Å². The number of amides is 3. The van der Waals surface area contributed by atoms with Gasteiger partial charge in [0.2, 0.25) is 0 Å². The number of nitrogens with two attached hydrogens (primary N) is 1. The maximum absolute atomic E-state index is 13.4. The molecule has 2 unspecified atom stereocenters. The van der Waals surface area contributed by atoms with Gasteiger partial charge in [0.25, 0.3) is 11.8 Å². The van der Waals surface area contributed by atoms with Crippen LogP contribution in [0.2, 0.25) is 10.0 Å². The fourth-order valence-electron chi connectivity index (χ4n) is 7.89. The standard InChI is InChI=1S/C21H22ClFN6O3.C16H17ClFN3O.C8H9N5O2/c1-28-9-14-13(19(28)20(30)25-12-6-7-16(23)15(22)8-12)4-3-5-17(14)26-21(31)32-10-18-24-11-29(2)27-18;1-21-8-11-10(3-2-4-14(11)19)15(21)16(22)20-9-5-6-13(18)12(17)7-9;1-12-6-10-7(11-12)4-15-8(14)13-3-2-9-5-13/h6-9,11,17H,3-5,10H2,1-2H3,(H,25,30)(H,26,31);5-8,14H,2-4,19H2,1H3,(H,20,22);2-3,5-6H,4H2,1H3. The zero-order chi connectivity index (χ0) is 49.4. The first kappa shape index (κ1) is 49.5. The van der Waals surface area contributed by atoms with Crippen LogP contribution in [0.5, 0.6) is 0 Å². The van der Waals surface area contributed by atoms with E-state index in [1.165, 1.54) is 70.7 Å². The van der Waals surface area contributed by atoms with Crippen LogP contribution >= 0.6 is 23.2 Å². The first-order valence-corrected chi connectivity index (χ1v) is 22.2. The van der Waals surface area contributed by atoms with Crippen LogP contribution in [0.1, 0.15) is 92.6 Å². The Balaban J connectivity index is 0.000000164. The van der Waals surface area contributed by atoms with E-state index in [1.54, 1.807) is 41.3 Å². The third-order valence-corrected chi connectivity index (χ3v) is 11.6. The van der Waals surface area contributed by atoms with E-state index < -0.39 is 23.8 Å². The van der Waals surface area contributed by atoms with E-state index in [9.17, 15) is 28.0 Å². The number of halogens is 4. The molecule has 2 atom stereocenters. The third-order valence-electron chi connectivity index (χ3n) is 11.0. The molecule has 9 rings (SSSR count). The van der Waals surface area contributed by atoms with Gasteiger partial charge in [-0.1, -0.05) is 23.2 Å². The van der Waals surface area contributed by atoms with Crippen LogP contribution < -0.4 is 21.7 Å². The number of nitrogens with zero attached hydrogens (tertiary/aromatic N) is 10. The van der Waals surface area contributed by atoms with Crippen LogP contribution in [0.15, 0.2) is 80.2 Å². The van der Waals surface area contributed by atoms with Crippen molar-refractivity contribution in [3.05, 3.63) is 147 Å². The maximum Gasteiger partial charge on any atom is 0.419 e. The van der Waals surface area contributed by atoms with E-state index in [-0.39, 0.29) is 47.2 Å². The molecule has 69 heavy (non-hydrogen) atoms. The van der Waals surface area contributed by atoms with Crippen molar-refractivity contribution in [1.82, 2.24) is 53.5 Å². The number of alkyl carbamates (subject to hydrolysis) is 1. The van der Waals surface area contributed by atoms with Gasteiger partial charge in [-0.05, 0) is 97.2 Å². The second kappa shape index (κ2) is 22.1. The molecule has 20 nitrogen and oxygen atoms in total. The Hall–Kier alpha value is -7.43. The minimum absolute atomic E-state index is 0.0169. The number of aromatic nitrogens is 10. The quantitative estimate of drug-likeness (QED) is 0.113. The van der Waals surface area contributed by atoms with Crippen molar-refractivity contribution >= 4 is 58.6 Å². The van der Waals surface area contributed by atoms with Crippen LogP contribution in [-0.4, -0.2) is 72.2 Å². The number of hydrogen-bond donors (Lipinski definition) is 4. The van der Waals surface area contributed by atoms with Crippen LogP contribution in [-0.2, 0) is 63.7 Å². The second-order valence-electron chi connectivity index (χ2n) is 16.1. The molecule has 0 spiro atoms. The lowest BCUT2D eigenvalue weighted by atomic mass is 9.89. The Morgan fingerprint density at radius 3 is 1.77 bits per heavy atom. The molecule has 5 N–H and O–H groups in total. The fraction of sp³-hybridized carbons (Fsp3) is 0.311. The summed E-state index contributed by atoms with van der Waals surface area (Å²) in [5.41, 5.74) is 11.8. The van der Waals surface area contributed by atoms with Crippen molar-refractivity contribution < 1.29 is 37.4 Å². The summed E-state index contributed by atoms with van der Waals surface area (Å²) >= 11 is 11.5. The number of carbonyl (C=O) groups excluding carboxylic acids is 4. The highest BCUT2D eigenvalue weighted by Crippen LogP contribution is 2.35. The summed E-state index contributed by atoms with van der Waals surface area (Å²) in [5.74, 6) is -0.763. The Morgan fingerprint density at radius 2 is 1.26 bits per heavy atom. The SMILES string of the molecule is Cn1cc2c(c1C(=O)Nc1ccc(F)c(Cl)c1)CCCC2N.Cn1cnc(COC(=O)NC2CCCc3c2cn(C)c3C(=O)Nc2ccc(F)c(Cl)c2)n1.Cn1cnc(COC(=O)n2ccnc2)n1. The predicted molar refractivity (Wildman–Crippen MR) is 248 cm³/mol. The Bertz CT molecular complexity index is 2970. The summed E-state index contributed by atoms with van der Waals surface area (Å²) in [5, 5.41) is 16.3. The lowest BCUT2D eigenvalue weighted by molar-refractivity contribution is 0.101. The number of hydrogen-bond acceptors (Lipinski definition) is 12. The molecule has 362 valence electrons. The molecular formula is C45H48Cl2F2N14O6. The number of ether oxygens (including phenoxy) is 2. The number of fused-ring (bicyclic) bond motifs is 2. The molecule has 5 aromatic heterocycles. The Labute approximate surface area is 403 Å². The molecule has 2 aliphatic carbocycles. The molecule has 2 aliphatic rings. The van der Waals surface area contributed by atoms with Gasteiger partial charge in [-0.25, -0.2) is 37.9 Å². The minimum atomic E-state index is -0.578. The molecular weight excluding hydrogens is 941 g/mol. The largest absolute Gasteiger partial charge is 0.441 e. The van der Waals surface area contributed by atoms with Gasteiger partial charge >= 0.3 is 12.2 Å². The highest BCUT2D eigenvalue weighted by molar-refractivity contribution is 6.31. The molecule has 5 heterocycles. The molecule has 0 aliphatic heterocycles. The maximum atomic E-state index is 13.4. The molecule has 0 saturated heterocycles. The summed E-state index contributed by atoms with van der Waals surface area (Å²) in [6, 6.07) is 7.83.